The molecule has 1 heterocycles. The van der Waals surface area contributed by atoms with Gasteiger partial charge in [0.15, 0.2) is 11.5 Å². The molecular weight excluding hydrogens is 178 g/mol. The zero-order valence-electron chi connectivity index (χ0n) is 8.79. The lowest BCUT2D eigenvalue weighted by atomic mass is 9.98. The fourth-order valence-electron chi connectivity index (χ4n) is 1.53. The van der Waals surface area contributed by atoms with Crippen molar-refractivity contribution >= 4 is 5.78 Å². The molecule has 80 valence electrons. The number of carbonyl (C=O) groups excluding carboxylic acids is 1. The van der Waals surface area contributed by atoms with Gasteiger partial charge in [-0.1, -0.05) is 6.92 Å². The molecule has 0 fully saturated rings. The number of ether oxygens (including phenoxy) is 1. The van der Waals surface area contributed by atoms with E-state index in [9.17, 15) is 4.79 Å². The minimum Gasteiger partial charge on any atom is -0.490 e. The second-order valence-corrected chi connectivity index (χ2v) is 3.76. The number of hydrogen-bond acceptors (Lipinski definition) is 3. The molecular formula is C11H19NO2. The maximum absolute atomic E-state index is 11.8. The summed E-state index contributed by atoms with van der Waals surface area (Å²) < 4.78 is 5.32. The third-order valence-electron chi connectivity index (χ3n) is 2.47. The van der Waals surface area contributed by atoms with Crippen molar-refractivity contribution in [3.8, 4) is 0 Å². The monoisotopic (exact) mass is 197 g/mol. The first-order chi connectivity index (χ1) is 6.75. The van der Waals surface area contributed by atoms with E-state index in [4.69, 9.17) is 10.5 Å². The molecule has 1 unspecified atom stereocenters. The van der Waals surface area contributed by atoms with Crippen LogP contribution in [0.5, 0.6) is 0 Å². The Labute approximate surface area is 85.3 Å². The second-order valence-electron chi connectivity index (χ2n) is 3.76. The molecule has 0 bridgehead atoms. The summed E-state index contributed by atoms with van der Waals surface area (Å²) in [6, 6.07) is 0. The van der Waals surface area contributed by atoms with Crippen molar-refractivity contribution < 1.29 is 9.53 Å². The summed E-state index contributed by atoms with van der Waals surface area (Å²) in [4.78, 5) is 11.8. The third kappa shape index (κ3) is 3.14. The molecule has 0 aromatic carbocycles. The summed E-state index contributed by atoms with van der Waals surface area (Å²) in [6.45, 7) is 3.27. The Hall–Kier alpha value is -0.830. The van der Waals surface area contributed by atoms with E-state index in [-0.39, 0.29) is 11.7 Å². The highest BCUT2D eigenvalue weighted by Gasteiger charge is 2.19. The number of Topliss-reactive ketones (excluding diaryl/α,β-unsaturated/α-hetero) is 1. The molecule has 1 aliphatic heterocycles. The fourth-order valence-corrected chi connectivity index (χ4v) is 1.53. The van der Waals surface area contributed by atoms with Crippen molar-refractivity contribution in [2.75, 3.05) is 13.2 Å². The molecule has 2 N–H and O–H groups in total. The lowest BCUT2D eigenvalue weighted by molar-refractivity contribution is -0.122. The third-order valence-corrected chi connectivity index (χ3v) is 2.47. The first kappa shape index (κ1) is 11.2. The Kier molecular flexibility index (Phi) is 4.66. The minimum absolute atomic E-state index is 0.0444. The highest BCUT2D eigenvalue weighted by Crippen LogP contribution is 2.17. The van der Waals surface area contributed by atoms with Crippen LogP contribution in [-0.2, 0) is 9.53 Å². The normalized spacial score (nSPS) is 18.3. The molecule has 3 heteroatoms. The highest BCUT2D eigenvalue weighted by atomic mass is 16.5. The fraction of sp³-hybridized carbons (Fsp3) is 0.727. The molecule has 0 amide bonds. The summed E-state index contributed by atoms with van der Waals surface area (Å²) in [5.74, 6) is 0.752. The molecule has 0 aromatic heterocycles. The first-order valence-electron chi connectivity index (χ1n) is 5.33. The Morgan fingerprint density at radius 2 is 2.50 bits per heavy atom. The summed E-state index contributed by atoms with van der Waals surface area (Å²) in [5, 5.41) is 0. The lowest BCUT2D eigenvalue weighted by Gasteiger charge is -2.17. The SMILES string of the molecule is CC(CCCN)C(=O)C1=CCCCO1. The smallest absolute Gasteiger partial charge is 0.199 e. The van der Waals surface area contributed by atoms with Gasteiger partial charge in [0.1, 0.15) is 0 Å². The van der Waals surface area contributed by atoms with Gasteiger partial charge in [-0.2, -0.15) is 0 Å². The molecule has 1 rings (SSSR count). The van der Waals surface area contributed by atoms with Crippen LogP contribution in [0.25, 0.3) is 0 Å². The van der Waals surface area contributed by atoms with Gasteiger partial charge in [0.2, 0.25) is 0 Å². The highest BCUT2D eigenvalue weighted by molar-refractivity contribution is 5.95. The van der Waals surface area contributed by atoms with Crippen molar-refractivity contribution in [2.24, 2.45) is 11.7 Å². The largest absolute Gasteiger partial charge is 0.490 e. The predicted octanol–water partition coefficient (Wildman–Crippen LogP) is 1.62. The van der Waals surface area contributed by atoms with Gasteiger partial charge in [-0.25, -0.2) is 0 Å². The summed E-state index contributed by atoms with van der Waals surface area (Å²) in [5.41, 5.74) is 5.40. The van der Waals surface area contributed by atoms with Crippen LogP contribution in [-0.4, -0.2) is 18.9 Å². The van der Waals surface area contributed by atoms with E-state index < -0.39 is 0 Å². The molecule has 0 saturated carbocycles. The van der Waals surface area contributed by atoms with Gasteiger partial charge >= 0.3 is 0 Å². The van der Waals surface area contributed by atoms with Gasteiger partial charge in [0.25, 0.3) is 0 Å². The van der Waals surface area contributed by atoms with E-state index in [1.807, 2.05) is 13.0 Å². The van der Waals surface area contributed by atoms with E-state index in [1.165, 1.54) is 0 Å². The van der Waals surface area contributed by atoms with E-state index >= 15 is 0 Å². The number of hydrogen-bond donors (Lipinski definition) is 1. The zero-order valence-corrected chi connectivity index (χ0v) is 8.79. The van der Waals surface area contributed by atoms with Gasteiger partial charge < -0.3 is 10.5 Å². The van der Waals surface area contributed by atoms with Gasteiger partial charge in [-0.3, -0.25) is 4.79 Å². The standard InChI is InChI=1S/C11H19NO2/c1-9(5-4-7-12)11(13)10-6-2-3-8-14-10/h6,9H,2-5,7-8,12H2,1H3. The first-order valence-corrected chi connectivity index (χ1v) is 5.33. The van der Waals surface area contributed by atoms with E-state index in [0.29, 0.717) is 18.9 Å². The van der Waals surface area contributed by atoms with Crippen LogP contribution in [0.1, 0.15) is 32.6 Å². The van der Waals surface area contributed by atoms with E-state index in [0.717, 1.165) is 25.7 Å². The van der Waals surface area contributed by atoms with Crippen LogP contribution >= 0.6 is 0 Å². The summed E-state index contributed by atoms with van der Waals surface area (Å²) in [6.07, 6.45) is 5.65. The molecule has 0 aliphatic carbocycles. The number of ketones is 1. The van der Waals surface area contributed by atoms with Crippen molar-refractivity contribution in [1.82, 2.24) is 0 Å². The van der Waals surface area contributed by atoms with Crippen LogP contribution < -0.4 is 5.73 Å². The molecule has 0 aromatic rings. The van der Waals surface area contributed by atoms with Crippen LogP contribution in [0.2, 0.25) is 0 Å². The average Bonchev–Trinajstić information content (AvgIpc) is 2.26. The van der Waals surface area contributed by atoms with Gasteiger partial charge in [0.05, 0.1) is 6.61 Å². The van der Waals surface area contributed by atoms with Crippen molar-refractivity contribution in [3.05, 3.63) is 11.8 Å². The summed E-state index contributed by atoms with van der Waals surface area (Å²) >= 11 is 0. The van der Waals surface area contributed by atoms with Crippen LogP contribution in [0.3, 0.4) is 0 Å². The Morgan fingerprint density at radius 1 is 1.71 bits per heavy atom. The Balaban J connectivity index is 2.42. The lowest BCUT2D eigenvalue weighted by Crippen LogP contribution is -2.19. The predicted molar refractivity (Wildman–Crippen MR) is 55.7 cm³/mol. The van der Waals surface area contributed by atoms with E-state index in [2.05, 4.69) is 0 Å². The van der Waals surface area contributed by atoms with Crippen LogP contribution in [0, 0.1) is 5.92 Å². The maximum atomic E-state index is 11.8. The number of allylic oxidation sites excluding steroid dienone is 2. The van der Waals surface area contributed by atoms with Crippen LogP contribution in [0.15, 0.2) is 11.8 Å². The van der Waals surface area contributed by atoms with E-state index in [1.54, 1.807) is 0 Å². The van der Waals surface area contributed by atoms with Crippen molar-refractivity contribution in [3.63, 3.8) is 0 Å². The molecule has 0 radical (unpaired) electrons. The van der Waals surface area contributed by atoms with Gasteiger partial charge in [-0.15, -0.1) is 0 Å². The van der Waals surface area contributed by atoms with Gasteiger partial charge in [0, 0.05) is 5.92 Å². The second kappa shape index (κ2) is 5.81. The number of rotatable bonds is 5. The summed E-state index contributed by atoms with van der Waals surface area (Å²) in [7, 11) is 0. The molecule has 0 saturated heterocycles. The van der Waals surface area contributed by atoms with Crippen molar-refractivity contribution in [2.45, 2.75) is 32.6 Å². The Bertz CT molecular complexity index is 223. The number of carbonyl (C=O) groups is 1. The molecule has 1 atom stereocenters. The molecule has 1 aliphatic rings. The van der Waals surface area contributed by atoms with Gasteiger partial charge in [-0.05, 0) is 38.3 Å². The minimum atomic E-state index is 0.0444. The topological polar surface area (TPSA) is 52.3 Å². The average molecular weight is 197 g/mol. The molecule has 3 nitrogen and oxygen atoms in total. The molecule has 14 heavy (non-hydrogen) atoms. The zero-order chi connectivity index (χ0) is 10.4. The Morgan fingerprint density at radius 3 is 3.07 bits per heavy atom. The van der Waals surface area contributed by atoms with Crippen LogP contribution in [0.4, 0.5) is 0 Å². The quantitative estimate of drug-likeness (QED) is 0.728. The number of nitrogens with two attached hydrogens (primary N) is 1. The molecule has 0 spiro atoms. The maximum Gasteiger partial charge on any atom is 0.199 e. The van der Waals surface area contributed by atoms with Crippen molar-refractivity contribution in [1.29, 1.82) is 0 Å².